The molecule has 1 N–H and O–H groups in total. The molecule has 1 unspecified atom stereocenters. The van der Waals surface area contributed by atoms with Gasteiger partial charge in [0.25, 0.3) is 0 Å². The van der Waals surface area contributed by atoms with Crippen LogP contribution in [0, 0.1) is 0 Å². The van der Waals surface area contributed by atoms with E-state index in [4.69, 9.17) is 9.47 Å². The maximum Gasteiger partial charge on any atom is 0.152 e. The molecule has 1 aromatic rings. The summed E-state index contributed by atoms with van der Waals surface area (Å²) in [6.45, 7) is 6.38. The monoisotopic (exact) mass is 280 g/mol. The quantitative estimate of drug-likeness (QED) is 0.875. The van der Waals surface area contributed by atoms with Gasteiger partial charge in [-0.05, 0) is 32.4 Å². The maximum absolute atomic E-state index is 6.03. The Hall–Kier alpha value is -0.980. The van der Waals surface area contributed by atoms with Crippen LogP contribution in [0.15, 0.2) is 6.33 Å². The maximum atomic E-state index is 6.03. The van der Waals surface area contributed by atoms with Crippen LogP contribution >= 0.6 is 0 Å². The van der Waals surface area contributed by atoms with Crippen molar-refractivity contribution in [1.29, 1.82) is 0 Å². The minimum atomic E-state index is 0.0625. The van der Waals surface area contributed by atoms with Crippen LogP contribution in [0.4, 0.5) is 0 Å². The Labute approximate surface area is 119 Å². The van der Waals surface area contributed by atoms with Crippen molar-refractivity contribution in [2.45, 2.75) is 57.5 Å². The van der Waals surface area contributed by atoms with Gasteiger partial charge in [0, 0.05) is 13.0 Å². The van der Waals surface area contributed by atoms with Gasteiger partial charge in [0.1, 0.15) is 12.9 Å². The lowest BCUT2D eigenvalue weighted by Crippen LogP contribution is -2.41. The largest absolute Gasteiger partial charge is 0.372 e. The number of hydrogen-bond donors (Lipinski definition) is 1. The standard InChI is InChI=1S/C14H24N4O2/c1-2-7-18-13(16-11-17-18)10-19-12-8-14(20-9-12)3-5-15-6-4-14/h11-12,15H,2-10H2,1H3. The number of ether oxygens (including phenoxy) is 2. The second-order valence-corrected chi connectivity index (χ2v) is 5.78. The van der Waals surface area contributed by atoms with Crippen LogP contribution in [0.5, 0.6) is 0 Å². The zero-order valence-electron chi connectivity index (χ0n) is 12.2. The first kappa shape index (κ1) is 14.0. The topological polar surface area (TPSA) is 61.2 Å². The second kappa shape index (κ2) is 6.20. The molecule has 0 amide bonds. The third-order valence-electron chi connectivity index (χ3n) is 4.27. The summed E-state index contributed by atoms with van der Waals surface area (Å²) >= 11 is 0. The van der Waals surface area contributed by atoms with Gasteiger partial charge >= 0.3 is 0 Å². The van der Waals surface area contributed by atoms with Gasteiger partial charge in [0.2, 0.25) is 0 Å². The Morgan fingerprint density at radius 2 is 2.35 bits per heavy atom. The van der Waals surface area contributed by atoms with E-state index in [1.54, 1.807) is 6.33 Å². The van der Waals surface area contributed by atoms with Gasteiger partial charge in [0.15, 0.2) is 5.82 Å². The van der Waals surface area contributed by atoms with E-state index in [1.165, 1.54) is 0 Å². The summed E-state index contributed by atoms with van der Waals surface area (Å²) in [7, 11) is 0. The van der Waals surface area contributed by atoms with E-state index in [1.807, 2.05) is 4.68 Å². The molecule has 0 radical (unpaired) electrons. The van der Waals surface area contributed by atoms with Crippen molar-refractivity contribution >= 4 is 0 Å². The Balaban J connectivity index is 1.51. The molecule has 0 bridgehead atoms. The van der Waals surface area contributed by atoms with Crippen LogP contribution in [-0.4, -0.2) is 46.2 Å². The van der Waals surface area contributed by atoms with E-state index in [0.29, 0.717) is 13.2 Å². The average Bonchev–Trinajstić information content (AvgIpc) is 3.06. The van der Waals surface area contributed by atoms with E-state index >= 15 is 0 Å². The molecule has 0 saturated carbocycles. The number of piperidine rings is 1. The second-order valence-electron chi connectivity index (χ2n) is 5.78. The van der Waals surface area contributed by atoms with E-state index < -0.39 is 0 Å². The van der Waals surface area contributed by atoms with E-state index in [9.17, 15) is 0 Å². The molecule has 20 heavy (non-hydrogen) atoms. The highest BCUT2D eigenvalue weighted by Crippen LogP contribution is 2.35. The smallest absolute Gasteiger partial charge is 0.152 e. The summed E-state index contributed by atoms with van der Waals surface area (Å²) in [5, 5.41) is 7.60. The highest BCUT2D eigenvalue weighted by molar-refractivity contribution is 4.93. The fraction of sp³-hybridized carbons (Fsp3) is 0.857. The first-order valence-electron chi connectivity index (χ1n) is 7.64. The molecular weight excluding hydrogens is 256 g/mol. The van der Waals surface area contributed by atoms with Crippen LogP contribution < -0.4 is 5.32 Å². The van der Waals surface area contributed by atoms with Crippen LogP contribution in [0.25, 0.3) is 0 Å². The number of rotatable bonds is 5. The average molecular weight is 280 g/mol. The molecule has 112 valence electrons. The number of aromatic nitrogens is 3. The molecule has 2 saturated heterocycles. The van der Waals surface area contributed by atoms with E-state index in [-0.39, 0.29) is 11.7 Å². The van der Waals surface area contributed by atoms with Gasteiger partial charge in [0.05, 0.1) is 18.3 Å². The highest BCUT2D eigenvalue weighted by Gasteiger charge is 2.41. The number of aryl methyl sites for hydroxylation is 1. The van der Waals surface area contributed by atoms with Crippen LogP contribution in [-0.2, 0) is 22.6 Å². The van der Waals surface area contributed by atoms with Crippen molar-refractivity contribution in [3.8, 4) is 0 Å². The van der Waals surface area contributed by atoms with Crippen LogP contribution in [0.1, 0.15) is 38.4 Å². The molecule has 6 nitrogen and oxygen atoms in total. The molecule has 1 spiro atoms. The minimum Gasteiger partial charge on any atom is -0.372 e. The predicted molar refractivity (Wildman–Crippen MR) is 74.3 cm³/mol. The van der Waals surface area contributed by atoms with Gasteiger partial charge in [-0.1, -0.05) is 6.92 Å². The van der Waals surface area contributed by atoms with E-state index in [2.05, 4.69) is 22.3 Å². The molecular formula is C14H24N4O2. The van der Waals surface area contributed by atoms with Crippen molar-refractivity contribution in [1.82, 2.24) is 20.1 Å². The van der Waals surface area contributed by atoms with Gasteiger partial charge < -0.3 is 14.8 Å². The Morgan fingerprint density at radius 1 is 1.50 bits per heavy atom. The molecule has 6 heteroatoms. The zero-order chi connectivity index (χ0) is 13.8. The Morgan fingerprint density at radius 3 is 3.15 bits per heavy atom. The van der Waals surface area contributed by atoms with Gasteiger partial charge in [-0.25, -0.2) is 9.67 Å². The normalized spacial score (nSPS) is 25.4. The molecule has 2 aliphatic rings. The van der Waals surface area contributed by atoms with Crippen molar-refractivity contribution in [2.75, 3.05) is 19.7 Å². The number of hydrogen-bond acceptors (Lipinski definition) is 5. The molecule has 0 aliphatic carbocycles. The van der Waals surface area contributed by atoms with Crippen LogP contribution in [0.3, 0.4) is 0 Å². The number of nitrogens with one attached hydrogen (secondary N) is 1. The zero-order valence-corrected chi connectivity index (χ0v) is 12.2. The van der Waals surface area contributed by atoms with Crippen molar-refractivity contribution in [2.24, 2.45) is 0 Å². The molecule has 3 rings (SSSR count). The lowest BCUT2D eigenvalue weighted by molar-refractivity contribution is -0.0244. The summed E-state index contributed by atoms with van der Waals surface area (Å²) in [6, 6.07) is 0. The first-order valence-corrected chi connectivity index (χ1v) is 7.64. The lowest BCUT2D eigenvalue weighted by atomic mass is 9.89. The van der Waals surface area contributed by atoms with Crippen molar-refractivity contribution < 1.29 is 9.47 Å². The molecule has 2 aliphatic heterocycles. The Kier molecular flexibility index (Phi) is 4.33. The fourth-order valence-corrected chi connectivity index (χ4v) is 3.13. The summed E-state index contributed by atoms with van der Waals surface area (Å²) in [5.74, 6) is 0.915. The molecule has 1 atom stereocenters. The molecule has 1 aromatic heterocycles. The van der Waals surface area contributed by atoms with Gasteiger partial charge in [-0.15, -0.1) is 0 Å². The molecule has 0 aromatic carbocycles. The molecule has 2 fully saturated rings. The van der Waals surface area contributed by atoms with E-state index in [0.717, 1.165) is 51.1 Å². The summed E-state index contributed by atoms with van der Waals surface area (Å²) < 4.78 is 14.0. The summed E-state index contributed by atoms with van der Waals surface area (Å²) in [6.07, 6.45) is 6.06. The van der Waals surface area contributed by atoms with Gasteiger partial charge in [-0.3, -0.25) is 0 Å². The van der Waals surface area contributed by atoms with Crippen molar-refractivity contribution in [3.63, 3.8) is 0 Å². The predicted octanol–water partition coefficient (Wildman–Crippen LogP) is 1.12. The number of nitrogens with zero attached hydrogens (tertiary/aromatic N) is 3. The first-order chi connectivity index (χ1) is 9.81. The van der Waals surface area contributed by atoms with Crippen LogP contribution in [0.2, 0.25) is 0 Å². The van der Waals surface area contributed by atoms with Crippen molar-refractivity contribution in [3.05, 3.63) is 12.2 Å². The third kappa shape index (κ3) is 3.02. The fourth-order valence-electron chi connectivity index (χ4n) is 3.13. The Bertz CT molecular complexity index is 429. The summed E-state index contributed by atoms with van der Waals surface area (Å²) in [4.78, 5) is 4.28. The third-order valence-corrected chi connectivity index (χ3v) is 4.27. The molecule has 3 heterocycles. The van der Waals surface area contributed by atoms with Gasteiger partial charge in [-0.2, -0.15) is 5.10 Å². The summed E-state index contributed by atoms with van der Waals surface area (Å²) in [5.41, 5.74) is 0.0625. The lowest BCUT2D eigenvalue weighted by Gasteiger charge is -2.32. The SMILES string of the molecule is CCCn1ncnc1COC1COC2(CCNCC2)C1. The highest BCUT2D eigenvalue weighted by atomic mass is 16.6. The minimum absolute atomic E-state index is 0.0625.